The Morgan fingerprint density at radius 3 is 2.13 bits per heavy atom. The van der Waals surface area contributed by atoms with Gasteiger partial charge in [0.1, 0.15) is 4.88 Å². The predicted molar refractivity (Wildman–Crippen MR) is 114 cm³/mol. The Morgan fingerprint density at radius 1 is 1.00 bits per heavy atom. The Hall–Kier alpha value is -2.92. The number of likely N-dealkylation sites (tertiary alicyclic amines) is 1. The first-order valence-electron chi connectivity index (χ1n) is 9.41. The smallest absolute Gasteiger partial charge is 0.348 e. The second-order valence-electron chi connectivity index (χ2n) is 6.88. The van der Waals surface area contributed by atoms with E-state index in [4.69, 9.17) is 4.74 Å². The van der Waals surface area contributed by atoms with Crippen molar-refractivity contribution in [2.45, 2.75) is 24.0 Å². The van der Waals surface area contributed by atoms with Gasteiger partial charge in [0, 0.05) is 24.3 Å². The molecule has 1 aromatic heterocycles. The highest BCUT2D eigenvalue weighted by Gasteiger charge is 2.32. The van der Waals surface area contributed by atoms with E-state index in [1.54, 1.807) is 17.0 Å². The van der Waals surface area contributed by atoms with Gasteiger partial charge in [-0.2, -0.15) is 0 Å². The van der Waals surface area contributed by atoms with Crippen LogP contribution < -0.4 is 4.72 Å². The third kappa shape index (κ3) is 4.57. The molecule has 166 valence electrons. The number of carbonyl (C=O) groups excluding carboxylic acids is 3. The van der Waals surface area contributed by atoms with E-state index in [-0.39, 0.29) is 31.8 Å². The first kappa shape index (κ1) is 22.8. The molecule has 0 atom stereocenters. The number of thiophene rings is 1. The molecule has 2 heterocycles. The van der Waals surface area contributed by atoms with Gasteiger partial charge in [-0.1, -0.05) is 0 Å². The van der Waals surface area contributed by atoms with Gasteiger partial charge in [0.25, 0.3) is 15.9 Å². The Labute approximate surface area is 184 Å². The van der Waals surface area contributed by atoms with Crippen LogP contribution in [0.2, 0.25) is 0 Å². The van der Waals surface area contributed by atoms with Gasteiger partial charge in [-0.15, -0.1) is 11.3 Å². The van der Waals surface area contributed by atoms with Crippen LogP contribution >= 0.6 is 11.3 Å². The molecular formula is C20H22N2O7S2. The molecule has 0 bridgehead atoms. The van der Waals surface area contributed by atoms with Crippen molar-refractivity contribution in [2.75, 3.05) is 32.0 Å². The number of hydrogen-bond donors (Lipinski definition) is 1. The molecule has 0 saturated carbocycles. The van der Waals surface area contributed by atoms with Crippen LogP contribution in [0.1, 0.15) is 48.8 Å². The first-order valence-corrected chi connectivity index (χ1v) is 11.7. The molecule has 1 aliphatic heterocycles. The normalized spacial score (nSPS) is 13.7. The predicted octanol–water partition coefficient (Wildman–Crippen LogP) is 2.67. The molecule has 9 nitrogen and oxygen atoms in total. The molecule has 0 aliphatic carbocycles. The Kier molecular flexibility index (Phi) is 6.65. The number of carbonyl (C=O) groups is 3. The molecular weight excluding hydrogens is 444 g/mol. The average Bonchev–Trinajstić information content (AvgIpc) is 3.41. The number of nitrogens with one attached hydrogen (secondary N) is 1. The van der Waals surface area contributed by atoms with Gasteiger partial charge < -0.3 is 14.4 Å². The summed E-state index contributed by atoms with van der Waals surface area (Å²) in [7, 11) is -1.94. The van der Waals surface area contributed by atoms with Crippen LogP contribution in [0.5, 0.6) is 0 Å². The summed E-state index contributed by atoms with van der Waals surface area (Å²) in [6.07, 6.45) is 1.94. The zero-order valence-electron chi connectivity index (χ0n) is 17.3. The van der Waals surface area contributed by atoms with Crippen LogP contribution in [0, 0.1) is 6.92 Å². The molecule has 1 aromatic carbocycles. The fourth-order valence-electron chi connectivity index (χ4n) is 3.29. The summed E-state index contributed by atoms with van der Waals surface area (Å²) in [5.41, 5.74) is 0.608. The van der Waals surface area contributed by atoms with Gasteiger partial charge in [-0.25, -0.2) is 18.0 Å². The highest BCUT2D eigenvalue weighted by atomic mass is 32.2. The van der Waals surface area contributed by atoms with Crippen molar-refractivity contribution >= 4 is 44.9 Å². The van der Waals surface area contributed by atoms with Gasteiger partial charge >= 0.3 is 11.9 Å². The molecule has 1 fully saturated rings. The van der Waals surface area contributed by atoms with Gasteiger partial charge in [0.2, 0.25) is 0 Å². The monoisotopic (exact) mass is 466 g/mol. The molecule has 1 saturated heterocycles. The van der Waals surface area contributed by atoms with E-state index in [2.05, 4.69) is 9.46 Å². The summed E-state index contributed by atoms with van der Waals surface area (Å²) in [6, 6.07) is 6.03. The standard InChI is InChI=1S/C20H22N2O7S2/c1-12-15(18(24)28-2)20(30-16(12)19(25)29-3)31(26,27)21-14-8-6-13(7-9-14)17(23)22-10-4-5-11-22/h6-9,21H,4-5,10-11H2,1-3H3. The zero-order valence-corrected chi connectivity index (χ0v) is 18.9. The van der Waals surface area contributed by atoms with Gasteiger partial charge in [0.15, 0.2) is 4.21 Å². The molecule has 3 rings (SSSR count). The largest absolute Gasteiger partial charge is 0.465 e. The Morgan fingerprint density at radius 2 is 1.58 bits per heavy atom. The van der Waals surface area contributed by atoms with Crippen molar-refractivity contribution in [3.05, 3.63) is 45.8 Å². The SMILES string of the molecule is COC(=O)c1sc(S(=O)(=O)Nc2ccc(C(=O)N3CCCC3)cc2)c(C(=O)OC)c1C. The van der Waals surface area contributed by atoms with E-state index in [0.29, 0.717) is 30.0 Å². The van der Waals surface area contributed by atoms with Crippen molar-refractivity contribution < 1.29 is 32.3 Å². The van der Waals surface area contributed by atoms with E-state index in [1.165, 1.54) is 19.1 Å². The molecule has 0 spiro atoms. The maximum Gasteiger partial charge on any atom is 0.348 e. The number of hydrogen-bond acceptors (Lipinski definition) is 8. The van der Waals surface area contributed by atoms with Crippen LogP contribution in [0.25, 0.3) is 0 Å². The van der Waals surface area contributed by atoms with E-state index in [1.807, 2.05) is 0 Å². The Bertz CT molecular complexity index is 1120. The second-order valence-corrected chi connectivity index (χ2v) is 9.78. The number of nitrogens with zero attached hydrogens (tertiary/aromatic N) is 1. The van der Waals surface area contributed by atoms with Crippen molar-refractivity contribution in [1.82, 2.24) is 4.90 Å². The summed E-state index contributed by atoms with van der Waals surface area (Å²) in [5.74, 6) is -1.73. The second kappa shape index (κ2) is 9.06. The summed E-state index contributed by atoms with van der Waals surface area (Å²) in [5, 5.41) is 0. The van der Waals surface area contributed by atoms with Crippen molar-refractivity contribution in [2.24, 2.45) is 0 Å². The van der Waals surface area contributed by atoms with Gasteiger partial charge in [-0.05, 0) is 49.6 Å². The third-order valence-electron chi connectivity index (χ3n) is 4.90. The summed E-state index contributed by atoms with van der Waals surface area (Å²) in [4.78, 5) is 38.4. The number of anilines is 1. The number of amides is 1. The average molecular weight is 467 g/mol. The molecule has 0 radical (unpaired) electrons. The lowest BCUT2D eigenvalue weighted by atomic mass is 10.2. The Balaban J connectivity index is 1.90. The fourth-order valence-corrected chi connectivity index (χ4v) is 6.09. The lowest BCUT2D eigenvalue weighted by molar-refractivity contribution is 0.0596. The third-order valence-corrected chi connectivity index (χ3v) is 8.07. The van der Waals surface area contributed by atoms with Gasteiger partial charge in [0.05, 0.1) is 19.8 Å². The molecule has 1 aliphatic rings. The molecule has 1 amide bonds. The molecule has 2 aromatic rings. The first-order chi connectivity index (χ1) is 14.7. The lowest BCUT2D eigenvalue weighted by Crippen LogP contribution is -2.27. The van der Waals surface area contributed by atoms with Crippen LogP contribution in [-0.4, -0.2) is 58.5 Å². The van der Waals surface area contributed by atoms with E-state index in [0.717, 1.165) is 27.1 Å². The van der Waals surface area contributed by atoms with E-state index in [9.17, 15) is 22.8 Å². The van der Waals surface area contributed by atoms with Crippen molar-refractivity contribution in [3.8, 4) is 0 Å². The quantitative estimate of drug-likeness (QED) is 0.650. The minimum Gasteiger partial charge on any atom is -0.465 e. The van der Waals surface area contributed by atoms with Crippen molar-refractivity contribution in [3.63, 3.8) is 0 Å². The maximum atomic E-state index is 13.0. The number of sulfonamides is 1. The van der Waals surface area contributed by atoms with E-state index < -0.39 is 22.0 Å². The van der Waals surface area contributed by atoms with Crippen LogP contribution in [0.3, 0.4) is 0 Å². The lowest BCUT2D eigenvalue weighted by Gasteiger charge is -2.15. The maximum absolute atomic E-state index is 13.0. The molecule has 1 N–H and O–H groups in total. The summed E-state index contributed by atoms with van der Waals surface area (Å²) >= 11 is 0.627. The number of rotatable bonds is 6. The topological polar surface area (TPSA) is 119 Å². The zero-order chi connectivity index (χ0) is 22.8. The van der Waals surface area contributed by atoms with Crippen molar-refractivity contribution in [1.29, 1.82) is 0 Å². The highest BCUT2D eigenvalue weighted by molar-refractivity contribution is 7.94. The number of ether oxygens (including phenoxy) is 2. The summed E-state index contributed by atoms with van der Waals surface area (Å²) < 4.78 is 37.4. The number of benzene rings is 1. The minimum atomic E-state index is -4.23. The van der Waals surface area contributed by atoms with E-state index >= 15 is 0 Å². The molecule has 0 unspecified atom stereocenters. The number of esters is 2. The molecule has 31 heavy (non-hydrogen) atoms. The van der Waals surface area contributed by atoms with Crippen LogP contribution in [-0.2, 0) is 19.5 Å². The number of methoxy groups -OCH3 is 2. The molecule has 11 heteroatoms. The van der Waals surface area contributed by atoms with Gasteiger partial charge in [-0.3, -0.25) is 9.52 Å². The fraction of sp³-hybridized carbons (Fsp3) is 0.350. The van der Waals surface area contributed by atoms with Crippen LogP contribution in [0.4, 0.5) is 5.69 Å². The minimum absolute atomic E-state index is 0.00478. The van der Waals surface area contributed by atoms with Crippen LogP contribution in [0.15, 0.2) is 28.5 Å². The highest BCUT2D eigenvalue weighted by Crippen LogP contribution is 2.34. The summed E-state index contributed by atoms with van der Waals surface area (Å²) in [6.45, 7) is 2.88.